The van der Waals surface area contributed by atoms with Crippen LogP contribution in [0.4, 0.5) is 11.6 Å². The van der Waals surface area contributed by atoms with E-state index in [2.05, 4.69) is 46.0 Å². The summed E-state index contributed by atoms with van der Waals surface area (Å²) in [6.45, 7) is 6.39. The molecule has 0 unspecified atom stereocenters. The summed E-state index contributed by atoms with van der Waals surface area (Å²) in [6, 6.07) is 10.4. The van der Waals surface area contributed by atoms with E-state index in [1.807, 2.05) is 10.6 Å². The summed E-state index contributed by atoms with van der Waals surface area (Å²) in [5.74, 6) is 0.801. The molecule has 0 saturated carbocycles. The van der Waals surface area contributed by atoms with Gasteiger partial charge in [0.2, 0.25) is 5.95 Å². The van der Waals surface area contributed by atoms with Crippen molar-refractivity contribution < 1.29 is 0 Å². The first-order valence-electron chi connectivity index (χ1n) is 12.3. The third-order valence-corrected chi connectivity index (χ3v) is 6.66. The number of rotatable bonds is 10. The molecule has 3 aromatic rings. The van der Waals surface area contributed by atoms with Crippen molar-refractivity contribution >= 4 is 22.8 Å². The molecule has 33 heavy (non-hydrogen) atoms. The fourth-order valence-electron chi connectivity index (χ4n) is 4.71. The molecule has 178 valence electrons. The van der Waals surface area contributed by atoms with Crippen LogP contribution in [0.2, 0.25) is 0 Å². The van der Waals surface area contributed by atoms with Gasteiger partial charge < -0.3 is 14.4 Å². The molecule has 8 nitrogen and oxygen atoms in total. The average molecular weight is 453 g/mol. The summed E-state index contributed by atoms with van der Waals surface area (Å²) in [5.41, 5.74) is 1.43. The van der Waals surface area contributed by atoms with Crippen LogP contribution in [0.5, 0.6) is 0 Å². The van der Waals surface area contributed by atoms with Gasteiger partial charge in [0.15, 0.2) is 11.2 Å². The zero-order valence-corrected chi connectivity index (χ0v) is 19.9. The zero-order chi connectivity index (χ0) is 23.2. The molecule has 3 heterocycles. The van der Waals surface area contributed by atoms with Crippen molar-refractivity contribution in [3.05, 3.63) is 51.2 Å². The molecular formula is C25H36N6O2. The van der Waals surface area contributed by atoms with Crippen LogP contribution in [-0.4, -0.2) is 45.3 Å². The van der Waals surface area contributed by atoms with Crippen LogP contribution < -0.4 is 21.0 Å². The highest BCUT2D eigenvalue weighted by molar-refractivity contribution is 5.74. The molecule has 0 radical (unpaired) electrons. The Kier molecular flexibility index (Phi) is 7.52. The Morgan fingerprint density at radius 3 is 2.21 bits per heavy atom. The lowest BCUT2D eigenvalue weighted by Gasteiger charge is -2.36. The summed E-state index contributed by atoms with van der Waals surface area (Å²) in [4.78, 5) is 36.8. The second-order valence-electron chi connectivity index (χ2n) is 8.98. The summed E-state index contributed by atoms with van der Waals surface area (Å²) in [7, 11) is 1.67. The van der Waals surface area contributed by atoms with Gasteiger partial charge in [-0.15, -0.1) is 0 Å². The van der Waals surface area contributed by atoms with E-state index in [-0.39, 0.29) is 5.56 Å². The molecule has 4 rings (SSSR count). The summed E-state index contributed by atoms with van der Waals surface area (Å²) < 4.78 is 3.49. The van der Waals surface area contributed by atoms with Gasteiger partial charge in [-0.3, -0.25) is 14.3 Å². The number of aryl methyl sites for hydroxylation is 2. The summed E-state index contributed by atoms with van der Waals surface area (Å²) >= 11 is 0. The summed E-state index contributed by atoms with van der Waals surface area (Å²) in [6.07, 6.45) is 8.46. The smallest absolute Gasteiger partial charge is 0.329 e. The maximum absolute atomic E-state index is 12.8. The first-order chi connectivity index (χ1) is 16.1. The van der Waals surface area contributed by atoms with E-state index in [4.69, 9.17) is 4.98 Å². The molecule has 2 aromatic heterocycles. The Morgan fingerprint density at radius 1 is 0.879 bits per heavy atom. The fourth-order valence-corrected chi connectivity index (χ4v) is 4.71. The number of unbranched alkanes of at least 4 members (excludes halogenated alkanes) is 6. The van der Waals surface area contributed by atoms with Crippen LogP contribution in [0.15, 0.2) is 39.9 Å². The SMILES string of the molecule is CCCCCCCCCn1c(N2CCN(c3ccccc3)CC2)nc2c1c(=O)[nH]c(=O)n2C. The van der Waals surface area contributed by atoms with Crippen molar-refractivity contribution in [2.24, 2.45) is 7.05 Å². The van der Waals surface area contributed by atoms with Gasteiger partial charge >= 0.3 is 5.69 Å². The lowest BCUT2D eigenvalue weighted by Crippen LogP contribution is -2.47. The Morgan fingerprint density at radius 2 is 1.52 bits per heavy atom. The lowest BCUT2D eigenvalue weighted by atomic mass is 10.1. The monoisotopic (exact) mass is 452 g/mol. The highest BCUT2D eigenvalue weighted by Crippen LogP contribution is 2.24. The Labute approximate surface area is 194 Å². The third-order valence-electron chi connectivity index (χ3n) is 6.66. The molecule has 0 amide bonds. The summed E-state index contributed by atoms with van der Waals surface area (Å²) in [5, 5.41) is 0. The maximum atomic E-state index is 12.8. The van der Waals surface area contributed by atoms with Gasteiger partial charge in [0.25, 0.3) is 5.56 Å². The first-order valence-corrected chi connectivity index (χ1v) is 12.3. The van der Waals surface area contributed by atoms with Crippen molar-refractivity contribution in [1.29, 1.82) is 0 Å². The number of para-hydroxylation sites is 1. The van der Waals surface area contributed by atoms with E-state index in [0.29, 0.717) is 11.2 Å². The normalized spacial score (nSPS) is 14.4. The van der Waals surface area contributed by atoms with E-state index in [9.17, 15) is 9.59 Å². The van der Waals surface area contributed by atoms with Crippen LogP contribution in [-0.2, 0) is 13.6 Å². The molecule has 0 bridgehead atoms. The van der Waals surface area contributed by atoms with Crippen molar-refractivity contribution in [1.82, 2.24) is 19.1 Å². The zero-order valence-electron chi connectivity index (χ0n) is 19.9. The van der Waals surface area contributed by atoms with Gasteiger partial charge in [-0.05, 0) is 18.6 Å². The first kappa shape index (κ1) is 23.1. The number of hydrogen-bond donors (Lipinski definition) is 1. The van der Waals surface area contributed by atoms with E-state index in [1.165, 1.54) is 42.4 Å². The van der Waals surface area contributed by atoms with Gasteiger partial charge in [0, 0.05) is 45.5 Å². The third kappa shape index (κ3) is 5.15. The molecule has 1 saturated heterocycles. The van der Waals surface area contributed by atoms with Crippen molar-refractivity contribution in [3.63, 3.8) is 0 Å². The standard InChI is InChI=1S/C25H36N6O2/c1-3-4-5-6-7-8-12-15-31-21-22(28(2)25(33)27-23(21)32)26-24(31)30-18-16-29(17-19-30)20-13-10-9-11-14-20/h9-11,13-14H,3-8,12,15-19H2,1-2H3,(H,27,32,33). The second-order valence-corrected chi connectivity index (χ2v) is 8.98. The molecule has 0 aliphatic carbocycles. The number of aromatic amines is 1. The van der Waals surface area contributed by atoms with Crippen molar-refractivity contribution in [3.8, 4) is 0 Å². The van der Waals surface area contributed by atoms with Gasteiger partial charge in [-0.1, -0.05) is 63.6 Å². The van der Waals surface area contributed by atoms with E-state index >= 15 is 0 Å². The van der Waals surface area contributed by atoms with Crippen LogP contribution in [0, 0.1) is 0 Å². The molecular weight excluding hydrogens is 416 g/mol. The fraction of sp³-hybridized carbons (Fsp3) is 0.560. The highest BCUT2D eigenvalue weighted by Gasteiger charge is 2.24. The quantitative estimate of drug-likeness (QED) is 0.476. The van der Waals surface area contributed by atoms with Crippen LogP contribution >= 0.6 is 0 Å². The van der Waals surface area contributed by atoms with E-state index in [1.54, 1.807) is 7.05 Å². The number of piperazine rings is 1. The van der Waals surface area contributed by atoms with Gasteiger partial charge in [-0.2, -0.15) is 4.98 Å². The van der Waals surface area contributed by atoms with E-state index in [0.717, 1.165) is 51.5 Å². The number of aromatic nitrogens is 4. The van der Waals surface area contributed by atoms with Crippen LogP contribution in [0.3, 0.4) is 0 Å². The predicted octanol–water partition coefficient (Wildman–Crippen LogP) is 3.50. The molecule has 1 aliphatic heterocycles. The minimum atomic E-state index is -0.423. The molecule has 0 atom stereocenters. The number of nitrogens with one attached hydrogen (secondary N) is 1. The van der Waals surface area contributed by atoms with Gasteiger partial charge in [-0.25, -0.2) is 4.79 Å². The molecule has 8 heteroatoms. The van der Waals surface area contributed by atoms with Gasteiger partial charge in [0.05, 0.1) is 0 Å². The minimum absolute atomic E-state index is 0.349. The average Bonchev–Trinajstić information content (AvgIpc) is 3.23. The molecule has 0 spiro atoms. The van der Waals surface area contributed by atoms with Crippen molar-refractivity contribution in [2.75, 3.05) is 36.0 Å². The number of fused-ring (bicyclic) bond motifs is 1. The van der Waals surface area contributed by atoms with E-state index < -0.39 is 5.69 Å². The Hall–Kier alpha value is -3.03. The number of anilines is 2. The van der Waals surface area contributed by atoms with Crippen LogP contribution in [0.25, 0.3) is 11.2 Å². The Bertz CT molecular complexity index is 1160. The molecule has 1 aromatic carbocycles. The second kappa shape index (κ2) is 10.7. The number of nitrogens with zero attached hydrogens (tertiary/aromatic N) is 5. The maximum Gasteiger partial charge on any atom is 0.329 e. The largest absolute Gasteiger partial charge is 0.368 e. The highest BCUT2D eigenvalue weighted by atomic mass is 16.2. The number of benzene rings is 1. The van der Waals surface area contributed by atoms with Crippen molar-refractivity contribution in [2.45, 2.75) is 58.4 Å². The Balaban J connectivity index is 1.53. The molecule has 1 fully saturated rings. The number of imidazole rings is 1. The number of H-pyrrole nitrogens is 1. The predicted molar refractivity (Wildman–Crippen MR) is 134 cm³/mol. The topological polar surface area (TPSA) is 79.2 Å². The minimum Gasteiger partial charge on any atom is -0.368 e. The molecule has 1 aliphatic rings. The van der Waals surface area contributed by atoms with Gasteiger partial charge in [0.1, 0.15) is 0 Å². The number of hydrogen-bond acceptors (Lipinski definition) is 5. The van der Waals surface area contributed by atoms with Crippen LogP contribution in [0.1, 0.15) is 51.9 Å². The molecule has 1 N–H and O–H groups in total. The lowest BCUT2D eigenvalue weighted by molar-refractivity contribution is 0.546.